The number of carbonyl (C=O) groups excluding carboxylic acids is 2. The van der Waals surface area contributed by atoms with Crippen molar-refractivity contribution in [3.8, 4) is 0 Å². The lowest BCUT2D eigenvalue weighted by Gasteiger charge is -2.41. The number of hydrogen-bond acceptors (Lipinski definition) is 7. The summed E-state index contributed by atoms with van der Waals surface area (Å²) in [7, 11) is 0. The van der Waals surface area contributed by atoms with Crippen molar-refractivity contribution in [1.82, 2.24) is 0 Å². The maximum Gasteiger partial charge on any atom is 0.303 e. The van der Waals surface area contributed by atoms with Gasteiger partial charge in [0.15, 0.2) is 6.10 Å². The molecule has 1 aromatic carbocycles. The number of aliphatic hydroxyl groups excluding tert-OH is 1. The highest BCUT2D eigenvalue weighted by Gasteiger charge is 2.47. The van der Waals surface area contributed by atoms with Gasteiger partial charge in [-0.1, -0.05) is 46.3 Å². The second-order valence-corrected chi connectivity index (χ2v) is 6.56. The van der Waals surface area contributed by atoms with Crippen LogP contribution in [-0.4, -0.2) is 53.1 Å². The number of alkyl halides is 1. The van der Waals surface area contributed by atoms with Gasteiger partial charge in [0.2, 0.25) is 0 Å². The first kappa shape index (κ1) is 19.8. The average Bonchev–Trinajstić information content (AvgIpc) is 2.56. The van der Waals surface area contributed by atoms with Crippen LogP contribution in [0.4, 0.5) is 0 Å². The van der Waals surface area contributed by atoms with Gasteiger partial charge in [-0.3, -0.25) is 9.59 Å². The van der Waals surface area contributed by atoms with E-state index in [1.807, 2.05) is 30.3 Å². The van der Waals surface area contributed by atoms with Crippen LogP contribution in [0.5, 0.6) is 0 Å². The number of esters is 2. The summed E-state index contributed by atoms with van der Waals surface area (Å²) in [6.07, 6.45) is -3.72. The number of carbonyl (C=O) groups is 2. The first-order chi connectivity index (χ1) is 11.9. The van der Waals surface area contributed by atoms with E-state index in [0.29, 0.717) is 0 Å². The van der Waals surface area contributed by atoms with Crippen molar-refractivity contribution >= 4 is 27.9 Å². The highest BCUT2D eigenvalue weighted by Crippen LogP contribution is 2.30. The van der Waals surface area contributed by atoms with Crippen molar-refractivity contribution in [2.24, 2.45) is 0 Å². The summed E-state index contributed by atoms with van der Waals surface area (Å²) < 4.78 is 21.6. The number of ether oxygens (including phenoxy) is 4. The minimum atomic E-state index is -1.15. The molecule has 8 heteroatoms. The van der Waals surface area contributed by atoms with Crippen molar-refractivity contribution in [3.63, 3.8) is 0 Å². The van der Waals surface area contributed by atoms with Crippen LogP contribution in [0.15, 0.2) is 30.3 Å². The van der Waals surface area contributed by atoms with Crippen LogP contribution in [0.3, 0.4) is 0 Å². The highest BCUT2D eigenvalue weighted by atomic mass is 79.9. The normalized spacial score (nSPS) is 29.0. The van der Waals surface area contributed by atoms with Gasteiger partial charge in [-0.25, -0.2) is 0 Å². The minimum Gasteiger partial charge on any atom is -0.463 e. The van der Waals surface area contributed by atoms with E-state index in [1.54, 1.807) is 0 Å². The SMILES string of the molecule is CC(=O)OCC1O[C@@H](Br)C(OCc2ccccc2)C(O)[C@@H]1OC(C)=O. The third-order valence-electron chi connectivity index (χ3n) is 3.64. The first-order valence-corrected chi connectivity index (χ1v) is 8.73. The van der Waals surface area contributed by atoms with Gasteiger partial charge in [-0.2, -0.15) is 0 Å². The summed E-state index contributed by atoms with van der Waals surface area (Å²) in [6, 6.07) is 9.45. The number of hydrogen-bond donors (Lipinski definition) is 1. The Morgan fingerprint density at radius 1 is 1.16 bits per heavy atom. The number of halogens is 1. The zero-order valence-corrected chi connectivity index (χ0v) is 15.5. The first-order valence-electron chi connectivity index (χ1n) is 7.82. The molecule has 0 saturated carbocycles. The Hall–Kier alpha value is -1.48. The largest absolute Gasteiger partial charge is 0.463 e. The molecule has 1 N–H and O–H groups in total. The van der Waals surface area contributed by atoms with Gasteiger partial charge in [-0.15, -0.1) is 0 Å². The van der Waals surface area contributed by atoms with E-state index in [-0.39, 0.29) is 13.2 Å². The molecule has 5 atom stereocenters. The van der Waals surface area contributed by atoms with E-state index in [1.165, 1.54) is 13.8 Å². The molecule has 138 valence electrons. The Bertz CT molecular complexity index is 580. The summed E-state index contributed by atoms with van der Waals surface area (Å²) in [6.45, 7) is 2.61. The van der Waals surface area contributed by atoms with Crippen molar-refractivity contribution in [2.75, 3.05) is 6.61 Å². The molecule has 1 heterocycles. The maximum absolute atomic E-state index is 11.4. The van der Waals surface area contributed by atoms with E-state index in [2.05, 4.69) is 15.9 Å². The van der Waals surface area contributed by atoms with E-state index in [0.717, 1.165) is 5.56 Å². The molecule has 1 aromatic rings. The summed E-state index contributed by atoms with van der Waals surface area (Å²) >= 11 is 3.32. The predicted molar refractivity (Wildman–Crippen MR) is 90.8 cm³/mol. The third-order valence-corrected chi connectivity index (χ3v) is 4.38. The van der Waals surface area contributed by atoms with Gasteiger partial charge < -0.3 is 24.1 Å². The lowest BCUT2D eigenvalue weighted by atomic mass is 10.00. The molecule has 0 bridgehead atoms. The molecule has 0 spiro atoms. The van der Waals surface area contributed by atoms with Gasteiger partial charge in [0.05, 0.1) is 6.61 Å². The lowest BCUT2D eigenvalue weighted by Crippen LogP contribution is -2.59. The Morgan fingerprint density at radius 2 is 1.84 bits per heavy atom. The van der Waals surface area contributed by atoms with Gasteiger partial charge in [0.1, 0.15) is 29.9 Å². The Balaban J connectivity index is 2.06. The van der Waals surface area contributed by atoms with Crippen LogP contribution >= 0.6 is 15.9 Å². The molecule has 25 heavy (non-hydrogen) atoms. The molecular formula is C17H21BrO7. The van der Waals surface area contributed by atoms with E-state index >= 15 is 0 Å². The van der Waals surface area contributed by atoms with Crippen LogP contribution in [0.2, 0.25) is 0 Å². The van der Waals surface area contributed by atoms with Crippen molar-refractivity contribution in [2.45, 2.75) is 49.9 Å². The monoisotopic (exact) mass is 416 g/mol. The lowest BCUT2D eigenvalue weighted by molar-refractivity contribution is -0.232. The molecule has 2 rings (SSSR count). The number of rotatable bonds is 6. The molecule has 1 aliphatic heterocycles. The minimum absolute atomic E-state index is 0.141. The molecule has 3 unspecified atom stereocenters. The van der Waals surface area contributed by atoms with Crippen LogP contribution in [0, 0.1) is 0 Å². The molecule has 1 aliphatic rings. The summed E-state index contributed by atoms with van der Waals surface area (Å²) in [4.78, 5) is 22.4. The van der Waals surface area contributed by atoms with E-state index in [4.69, 9.17) is 18.9 Å². The second kappa shape index (κ2) is 9.28. The van der Waals surface area contributed by atoms with Crippen molar-refractivity contribution < 1.29 is 33.6 Å². The maximum atomic E-state index is 11.4. The third kappa shape index (κ3) is 5.78. The number of aliphatic hydroxyl groups is 1. The van der Waals surface area contributed by atoms with Gasteiger partial charge in [0.25, 0.3) is 0 Å². The molecule has 7 nitrogen and oxygen atoms in total. The smallest absolute Gasteiger partial charge is 0.303 e. The molecular weight excluding hydrogens is 396 g/mol. The zero-order valence-electron chi connectivity index (χ0n) is 14.0. The Morgan fingerprint density at radius 3 is 2.44 bits per heavy atom. The fourth-order valence-electron chi connectivity index (χ4n) is 2.50. The van der Waals surface area contributed by atoms with Gasteiger partial charge >= 0.3 is 11.9 Å². The summed E-state index contributed by atoms with van der Waals surface area (Å²) in [5.74, 6) is -1.07. The number of benzene rings is 1. The molecule has 1 fully saturated rings. The molecule has 0 aliphatic carbocycles. The van der Waals surface area contributed by atoms with E-state index in [9.17, 15) is 14.7 Å². The van der Waals surface area contributed by atoms with Crippen LogP contribution in [0.25, 0.3) is 0 Å². The molecule has 1 saturated heterocycles. The fourth-order valence-corrected chi connectivity index (χ4v) is 3.24. The topological polar surface area (TPSA) is 91.3 Å². The van der Waals surface area contributed by atoms with Crippen LogP contribution < -0.4 is 0 Å². The standard InChI is InChI=1S/C17H21BrO7/c1-10(19)22-9-13-15(24-11(2)20)14(21)16(17(18)25-13)23-8-12-6-4-3-5-7-12/h3-7,13-17,21H,8-9H2,1-2H3/t13?,14?,15-,16?,17-/m1/s1. The van der Waals surface area contributed by atoms with Crippen LogP contribution in [0.1, 0.15) is 19.4 Å². The van der Waals surface area contributed by atoms with E-state index < -0.39 is 41.4 Å². The summed E-state index contributed by atoms with van der Waals surface area (Å²) in [5, 5.41) is 9.95. The molecule has 0 radical (unpaired) electrons. The fraction of sp³-hybridized carbons (Fsp3) is 0.529. The quantitative estimate of drug-likeness (QED) is 0.555. The Labute approximate surface area is 154 Å². The molecule has 0 amide bonds. The van der Waals surface area contributed by atoms with Gasteiger partial charge in [0, 0.05) is 13.8 Å². The summed E-state index contributed by atoms with van der Waals surface area (Å²) in [5.41, 5.74) is 0.931. The molecule has 0 aromatic heterocycles. The second-order valence-electron chi connectivity index (χ2n) is 5.65. The predicted octanol–water partition coefficient (Wildman–Crippen LogP) is 1.55. The Kier molecular flexibility index (Phi) is 7.37. The van der Waals surface area contributed by atoms with Crippen molar-refractivity contribution in [3.05, 3.63) is 35.9 Å². The van der Waals surface area contributed by atoms with Gasteiger partial charge in [-0.05, 0) is 5.56 Å². The van der Waals surface area contributed by atoms with Crippen LogP contribution in [-0.2, 0) is 35.1 Å². The zero-order chi connectivity index (χ0) is 18.4. The average molecular weight is 417 g/mol. The highest BCUT2D eigenvalue weighted by molar-refractivity contribution is 9.09. The van der Waals surface area contributed by atoms with Crippen molar-refractivity contribution in [1.29, 1.82) is 0 Å².